The van der Waals surface area contributed by atoms with Crippen molar-refractivity contribution in [3.63, 3.8) is 0 Å². The molecule has 3 rings (SSSR count). The van der Waals surface area contributed by atoms with Crippen molar-refractivity contribution < 1.29 is 24.1 Å². The summed E-state index contributed by atoms with van der Waals surface area (Å²) in [6.45, 7) is 13.5. The van der Waals surface area contributed by atoms with E-state index < -0.39 is 12.4 Å². The minimum absolute atomic E-state index is 0.221. The second-order valence-electron chi connectivity index (χ2n) is 9.78. The van der Waals surface area contributed by atoms with Gasteiger partial charge in [-0.05, 0) is 35.8 Å². The minimum atomic E-state index is -0.689. The van der Waals surface area contributed by atoms with Gasteiger partial charge in [0.05, 0.1) is 18.9 Å². The zero-order valence-corrected chi connectivity index (χ0v) is 18.3. The van der Waals surface area contributed by atoms with Crippen LogP contribution < -0.4 is 0 Å². The Hall–Kier alpha value is -1.89. The van der Waals surface area contributed by atoms with Crippen LogP contribution in [0.4, 0.5) is 0 Å². The molecule has 1 aromatic carbocycles. The number of aromatic hydroxyl groups is 1. The number of rotatable bonds is 5. The van der Waals surface area contributed by atoms with E-state index in [2.05, 4.69) is 46.5 Å². The molecule has 160 valence electrons. The molecule has 6 heteroatoms. The van der Waals surface area contributed by atoms with E-state index in [-0.39, 0.29) is 10.8 Å². The highest BCUT2D eigenvalue weighted by Crippen LogP contribution is 2.41. The Bertz CT molecular complexity index is 803. The molecule has 1 aliphatic rings. The van der Waals surface area contributed by atoms with Gasteiger partial charge in [0.25, 0.3) is 0 Å². The van der Waals surface area contributed by atoms with Crippen molar-refractivity contribution in [2.45, 2.75) is 77.6 Å². The highest BCUT2D eigenvalue weighted by atomic mass is 16.7. The van der Waals surface area contributed by atoms with Crippen molar-refractivity contribution in [3.8, 4) is 17.2 Å². The van der Waals surface area contributed by atoms with E-state index >= 15 is 0 Å². The Kier molecular flexibility index (Phi) is 6.08. The highest BCUT2D eigenvalue weighted by Gasteiger charge is 2.28. The van der Waals surface area contributed by atoms with Crippen LogP contribution in [0.15, 0.2) is 22.8 Å². The molecule has 1 aliphatic heterocycles. The maximum Gasteiger partial charge on any atom is 0.226 e. The summed E-state index contributed by atoms with van der Waals surface area (Å²) < 4.78 is 16.4. The Morgan fingerprint density at radius 2 is 1.59 bits per heavy atom. The molecular weight excluding hydrogens is 370 g/mol. The Morgan fingerprint density at radius 3 is 2.10 bits per heavy atom. The molecule has 1 fully saturated rings. The number of ether oxygens (including phenoxy) is 2. The van der Waals surface area contributed by atoms with Gasteiger partial charge >= 0.3 is 0 Å². The first kappa shape index (κ1) is 21.8. The summed E-state index contributed by atoms with van der Waals surface area (Å²) in [7, 11) is 0. The van der Waals surface area contributed by atoms with Crippen molar-refractivity contribution in [2.75, 3.05) is 13.2 Å². The standard InChI is InChI=1S/C23H33NO5/c1-22(2,3)16-11-14(12-17(19(16)26)23(4,5)6)20-24-15(13-29-20)7-8-18(25)21-27-9-10-28-21/h11-13,18,21,25-26H,7-10H2,1-6H3. The topological polar surface area (TPSA) is 85.0 Å². The van der Waals surface area contributed by atoms with Gasteiger partial charge in [-0.15, -0.1) is 0 Å². The van der Waals surface area contributed by atoms with Crippen LogP contribution in [-0.2, 0) is 26.7 Å². The molecule has 1 atom stereocenters. The first-order valence-corrected chi connectivity index (χ1v) is 10.2. The SMILES string of the molecule is CC(C)(C)c1cc(-c2nc(CCC(O)C3OCCO3)co2)cc(C(C)(C)C)c1O. The quantitative estimate of drug-likeness (QED) is 0.774. The average molecular weight is 404 g/mol. The summed E-state index contributed by atoms with van der Waals surface area (Å²) >= 11 is 0. The number of aliphatic hydroxyl groups is 1. The number of hydrogen-bond acceptors (Lipinski definition) is 6. The molecule has 1 unspecified atom stereocenters. The summed E-state index contributed by atoms with van der Waals surface area (Å²) in [6.07, 6.45) is 1.42. The van der Waals surface area contributed by atoms with Gasteiger partial charge in [0.2, 0.25) is 5.89 Å². The lowest BCUT2D eigenvalue weighted by Gasteiger charge is -2.27. The van der Waals surface area contributed by atoms with Gasteiger partial charge in [-0.1, -0.05) is 41.5 Å². The minimum Gasteiger partial charge on any atom is -0.507 e. The second kappa shape index (κ2) is 8.09. The van der Waals surface area contributed by atoms with Crippen molar-refractivity contribution in [1.82, 2.24) is 4.98 Å². The summed E-state index contributed by atoms with van der Waals surface area (Å²) in [5.74, 6) is 0.846. The predicted octanol–water partition coefficient (Wildman–Crippen LogP) is 4.31. The van der Waals surface area contributed by atoms with E-state index in [1.807, 2.05) is 12.1 Å². The summed E-state index contributed by atoms with van der Waals surface area (Å²) in [4.78, 5) is 4.61. The zero-order chi connectivity index (χ0) is 21.4. The number of aryl methyl sites for hydroxylation is 1. The lowest BCUT2D eigenvalue weighted by Crippen LogP contribution is -2.27. The predicted molar refractivity (Wildman–Crippen MR) is 111 cm³/mol. The maximum absolute atomic E-state index is 10.9. The molecule has 1 aromatic heterocycles. The molecule has 2 aromatic rings. The number of oxazole rings is 1. The highest BCUT2D eigenvalue weighted by molar-refractivity contribution is 5.63. The van der Waals surface area contributed by atoms with Crippen LogP contribution in [0, 0.1) is 0 Å². The fourth-order valence-corrected chi connectivity index (χ4v) is 3.49. The van der Waals surface area contributed by atoms with Gasteiger partial charge in [-0.3, -0.25) is 0 Å². The van der Waals surface area contributed by atoms with Gasteiger partial charge in [-0.2, -0.15) is 0 Å². The van der Waals surface area contributed by atoms with E-state index in [1.54, 1.807) is 6.26 Å². The van der Waals surface area contributed by atoms with Crippen LogP contribution in [-0.4, -0.2) is 40.8 Å². The number of benzene rings is 1. The van der Waals surface area contributed by atoms with Crippen molar-refractivity contribution in [2.24, 2.45) is 0 Å². The molecule has 0 radical (unpaired) electrons. The van der Waals surface area contributed by atoms with Crippen LogP contribution in [0.2, 0.25) is 0 Å². The zero-order valence-electron chi connectivity index (χ0n) is 18.3. The number of aromatic nitrogens is 1. The Morgan fingerprint density at radius 1 is 1.03 bits per heavy atom. The molecule has 6 nitrogen and oxygen atoms in total. The monoisotopic (exact) mass is 403 g/mol. The van der Waals surface area contributed by atoms with Gasteiger partial charge in [0.1, 0.15) is 18.1 Å². The average Bonchev–Trinajstić information content (AvgIpc) is 3.30. The smallest absolute Gasteiger partial charge is 0.226 e. The number of phenols is 1. The maximum atomic E-state index is 10.9. The third-order valence-electron chi connectivity index (χ3n) is 5.18. The van der Waals surface area contributed by atoms with Crippen LogP contribution in [0.1, 0.15) is 64.8 Å². The van der Waals surface area contributed by atoms with Crippen molar-refractivity contribution in [1.29, 1.82) is 0 Å². The largest absolute Gasteiger partial charge is 0.507 e. The van der Waals surface area contributed by atoms with Crippen LogP contribution in [0.3, 0.4) is 0 Å². The van der Waals surface area contributed by atoms with Gasteiger partial charge in [0.15, 0.2) is 6.29 Å². The van der Waals surface area contributed by atoms with E-state index in [9.17, 15) is 10.2 Å². The molecule has 0 amide bonds. The molecule has 29 heavy (non-hydrogen) atoms. The third-order valence-corrected chi connectivity index (χ3v) is 5.18. The van der Waals surface area contributed by atoms with Crippen LogP contribution >= 0.6 is 0 Å². The molecule has 0 spiro atoms. The van der Waals surface area contributed by atoms with E-state index in [1.165, 1.54) is 0 Å². The summed E-state index contributed by atoms with van der Waals surface area (Å²) in [6, 6.07) is 3.91. The summed E-state index contributed by atoms with van der Waals surface area (Å²) in [5, 5.41) is 21.1. The number of phenolic OH excluding ortho intramolecular Hbond substituents is 1. The first-order chi connectivity index (χ1) is 13.5. The Balaban J connectivity index is 1.85. The van der Waals surface area contributed by atoms with E-state index in [4.69, 9.17) is 13.9 Å². The normalized spacial score (nSPS) is 17.1. The van der Waals surface area contributed by atoms with Crippen LogP contribution in [0.5, 0.6) is 5.75 Å². The molecule has 0 saturated carbocycles. The molecule has 1 saturated heterocycles. The molecule has 2 heterocycles. The van der Waals surface area contributed by atoms with Crippen molar-refractivity contribution in [3.05, 3.63) is 35.2 Å². The van der Waals surface area contributed by atoms with Gasteiger partial charge in [-0.25, -0.2) is 4.98 Å². The lowest BCUT2D eigenvalue weighted by molar-refractivity contribution is -0.122. The van der Waals surface area contributed by atoms with Gasteiger partial charge in [0, 0.05) is 16.7 Å². The lowest BCUT2D eigenvalue weighted by atomic mass is 9.78. The molecule has 0 aliphatic carbocycles. The summed E-state index contributed by atoms with van der Waals surface area (Å²) in [5.41, 5.74) is 2.89. The molecule has 0 bridgehead atoms. The number of hydrogen-bond donors (Lipinski definition) is 2. The number of aliphatic hydroxyl groups excluding tert-OH is 1. The first-order valence-electron chi connectivity index (χ1n) is 10.2. The third kappa shape index (κ3) is 5.00. The molecular formula is C23H33NO5. The Labute approximate surface area is 172 Å². The number of nitrogens with zero attached hydrogens (tertiary/aromatic N) is 1. The fourth-order valence-electron chi connectivity index (χ4n) is 3.49. The van der Waals surface area contributed by atoms with E-state index in [0.717, 1.165) is 22.4 Å². The van der Waals surface area contributed by atoms with Crippen molar-refractivity contribution >= 4 is 0 Å². The van der Waals surface area contributed by atoms with E-state index in [0.29, 0.717) is 37.7 Å². The molecule has 2 N–H and O–H groups in total. The fraction of sp³-hybridized carbons (Fsp3) is 0.609. The van der Waals surface area contributed by atoms with Crippen LogP contribution in [0.25, 0.3) is 11.5 Å². The second-order valence-corrected chi connectivity index (χ2v) is 9.78. The van der Waals surface area contributed by atoms with Gasteiger partial charge < -0.3 is 24.1 Å².